The Morgan fingerprint density at radius 2 is 1.55 bits per heavy atom. The number of amides is 1. The fourth-order valence-corrected chi connectivity index (χ4v) is 3.16. The SMILES string of the molecule is CC(C)(C)c1cc(C(=O)NCc2cccc(Oc3ccccn3)c2)cc(C(C)(C)C)c1. The lowest BCUT2D eigenvalue weighted by molar-refractivity contribution is 0.0950. The topological polar surface area (TPSA) is 51.2 Å². The van der Waals surface area contributed by atoms with Crippen LogP contribution in [0.1, 0.15) is 68.6 Å². The number of carbonyl (C=O) groups excluding carboxylic acids is 1. The third-order valence-corrected chi connectivity index (χ3v) is 5.14. The highest BCUT2D eigenvalue weighted by atomic mass is 16.5. The highest BCUT2D eigenvalue weighted by molar-refractivity contribution is 5.94. The molecule has 0 unspecified atom stereocenters. The first-order valence-corrected chi connectivity index (χ1v) is 10.6. The molecule has 1 N–H and O–H groups in total. The van der Waals surface area contributed by atoms with Gasteiger partial charge in [-0.15, -0.1) is 0 Å². The van der Waals surface area contributed by atoms with Gasteiger partial charge in [0, 0.05) is 24.4 Å². The maximum Gasteiger partial charge on any atom is 0.251 e. The highest BCUT2D eigenvalue weighted by Crippen LogP contribution is 2.30. The molecule has 0 spiro atoms. The second-order valence-electron chi connectivity index (χ2n) is 9.90. The Balaban J connectivity index is 1.76. The third kappa shape index (κ3) is 6.17. The van der Waals surface area contributed by atoms with Crippen molar-refractivity contribution in [1.29, 1.82) is 0 Å². The molecule has 1 aromatic heterocycles. The van der Waals surface area contributed by atoms with Gasteiger partial charge in [0.2, 0.25) is 5.88 Å². The molecule has 0 atom stereocenters. The van der Waals surface area contributed by atoms with E-state index >= 15 is 0 Å². The van der Waals surface area contributed by atoms with Crippen molar-refractivity contribution in [1.82, 2.24) is 10.3 Å². The summed E-state index contributed by atoms with van der Waals surface area (Å²) < 4.78 is 5.79. The molecule has 31 heavy (non-hydrogen) atoms. The molecule has 0 aliphatic heterocycles. The Kier molecular flexibility index (Phi) is 6.49. The number of benzene rings is 2. The van der Waals surface area contributed by atoms with E-state index < -0.39 is 0 Å². The Morgan fingerprint density at radius 3 is 2.13 bits per heavy atom. The van der Waals surface area contributed by atoms with Gasteiger partial charge < -0.3 is 10.1 Å². The average molecular weight is 417 g/mol. The van der Waals surface area contributed by atoms with Crippen molar-refractivity contribution in [2.75, 3.05) is 0 Å². The lowest BCUT2D eigenvalue weighted by Gasteiger charge is -2.26. The van der Waals surface area contributed by atoms with Crippen LogP contribution >= 0.6 is 0 Å². The van der Waals surface area contributed by atoms with Crippen molar-refractivity contribution in [3.63, 3.8) is 0 Å². The van der Waals surface area contributed by atoms with Crippen molar-refractivity contribution in [2.45, 2.75) is 58.9 Å². The number of hydrogen-bond donors (Lipinski definition) is 1. The summed E-state index contributed by atoms with van der Waals surface area (Å²) in [6.07, 6.45) is 1.69. The monoisotopic (exact) mass is 416 g/mol. The number of nitrogens with zero attached hydrogens (tertiary/aromatic N) is 1. The minimum atomic E-state index is -0.0763. The van der Waals surface area contributed by atoms with E-state index in [9.17, 15) is 4.79 Å². The van der Waals surface area contributed by atoms with E-state index in [4.69, 9.17) is 4.74 Å². The maximum absolute atomic E-state index is 13.0. The first kappa shape index (κ1) is 22.5. The van der Waals surface area contributed by atoms with Crippen LogP contribution in [-0.4, -0.2) is 10.9 Å². The van der Waals surface area contributed by atoms with Gasteiger partial charge in [-0.3, -0.25) is 4.79 Å². The Morgan fingerprint density at radius 1 is 0.871 bits per heavy atom. The zero-order valence-electron chi connectivity index (χ0n) is 19.3. The van der Waals surface area contributed by atoms with Gasteiger partial charge in [0.05, 0.1) is 0 Å². The number of carbonyl (C=O) groups is 1. The van der Waals surface area contributed by atoms with Crippen molar-refractivity contribution in [3.05, 3.63) is 89.1 Å². The number of pyridine rings is 1. The summed E-state index contributed by atoms with van der Waals surface area (Å²) in [5.74, 6) is 1.15. The molecule has 3 aromatic rings. The largest absolute Gasteiger partial charge is 0.439 e. The summed E-state index contributed by atoms with van der Waals surface area (Å²) in [5.41, 5.74) is 3.91. The van der Waals surface area contributed by atoms with E-state index in [1.54, 1.807) is 6.20 Å². The Labute approximate surface area is 185 Å². The number of aromatic nitrogens is 1. The van der Waals surface area contributed by atoms with E-state index in [-0.39, 0.29) is 16.7 Å². The summed E-state index contributed by atoms with van der Waals surface area (Å²) in [7, 11) is 0. The van der Waals surface area contributed by atoms with E-state index in [0.717, 1.165) is 16.7 Å². The molecule has 4 heteroatoms. The molecule has 0 saturated heterocycles. The van der Waals surface area contributed by atoms with Crippen LogP contribution in [0.2, 0.25) is 0 Å². The van der Waals surface area contributed by atoms with Gasteiger partial charge in [0.25, 0.3) is 5.91 Å². The van der Waals surface area contributed by atoms with Gasteiger partial charge in [0.1, 0.15) is 5.75 Å². The van der Waals surface area contributed by atoms with Crippen LogP contribution in [0.3, 0.4) is 0 Å². The standard InChI is InChI=1S/C27H32N2O2/c1-26(2,3)21-15-20(16-22(17-21)27(4,5)6)25(30)29-18-19-10-9-11-23(14-19)31-24-12-7-8-13-28-24/h7-17H,18H2,1-6H3,(H,29,30). The first-order valence-electron chi connectivity index (χ1n) is 10.6. The molecule has 1 amide bonds. The zero-order chi connectivity index (χ0) is 22.6. The van der Waals surface area contributed by atoms with Crippen LogP contribution < -0.4 is 10.1 Å². The van der Waals surface area contributed by atoms with Gasteiger partial charge in [-0.05, 0) is 57.9 Å². The molecule has 0 fully saturated rings. The molecular formula is C27H32N2O2. The Hall–Kier alpha value is -3.14. The second kappa shape index (κ2) is 8.93. The molecular weight excluding hydrogens is 384 g/mol. The smallest absolute Gasteiger partial charge is 0.251 e. The molecule has 2 aromatic carbocycles. The fraction of sp³-hybridized carbons (Fsp3) is 0.333. The van der Waals surface area contributed by atoms with Crippen LogP contribution in [-0.2, 0) is 17.4 Å². The van der Waals surface area contributed by atoms with E-state index in [1.165, 1.54) is 0 Å². The molecule has 0 aliphatic rings. The summed E-state index contributed by atoms with van der Waals surface area (Å²) in [5, 5.41) is 3.05. The van der Waals surface area contributed by atoms with Gasteiger partial charge >= 0.3 is 0 Å². The molecule has 0 radical (unpaired) electrons. The number of rotatable bonds is 5. The van der Waals surface area contributed by atoms with Gasteiger partial charge in [-0.1, -0.05) is 65.8 Å². The lowest BCUT2D eigenvalue weighted by atomic mass is 9.79. The molecule has 162 valence electrons. The molecule has 1 heterocycles. The molecule has 4 nitrogen and oxygen atoms in total. The maximum atomic E-state index is 13.0. The van der Waals surface area contributed by atoms with Gasteiger partial charge in [-0.2, -0.15) is 0 Å². The van der Waals surface area contributed by atoms with Crippen molar-refractivity contribution < 1.29 is 9.53 Å². The molecule has 3 rings (SSSR count). The summed E-state index contributed by atoms with van der Waals surface area (Å²) in [6.45, 7) is 13.4. The molecule has 0 bridgehead atoms. The zero-order valence-corrected chi connectivity index (χ0v) is 19.3. The number of hydrogen-bond acceptors (Lipinski definition) is 3. The summed E-state index contributed by atoms with van der Waals surface area (Å²) in [6, 6.07) is 19.4. The third-order valence-electron chi connectivity index (χ3n) is 5.14. The quantitative estimate of drug-likeness (QED) is 0.524. The van der Waals surface area contributed by atoms with Crippen LogP contribution in [0.15, 0.2) is 66.9 Å². The predicted octanol–water partition coefficient (Wildman–Crippen LogP) is 6.40. The summed E-state index contributed by atoms with van der Waals surface area (Å²) >= 11 is 0. The minimum absolute atomic E-state index is 0.0343. The van der Waals surface area contributed by atoms with Crippen molar-refractivity contribution in [3.8, 4) is 11.6 Å². The van der Waals surface area contributed by atoms with Crippen molar-refractivity contribution >= 4 is 5.91 Å². The number of nitrogens with one attached hydrogen (secondary N) is 1. The Bertz CT molecular complexity index is 1010. The number of ether oxygens (including phenoxy) is 1. The fourth-order valence-electron chi connectivity index (χ4n) is 3.16. The normalized spacial score (nSPS) is 11.8. The lowest BCUT2D eigenvalue weighted by Crippen LogP contribution is -2.25. The van der Waals surface area contributed by atoms with E-state index in [1.807, 2.05) is 54.6 Å². The van der Waals surface area contributed by atoms with Crippen LogP contribution in [0, 0.1) is 0 Å². The van der Waals surface area contributed by atoms with Crippen LogP contribution in [0.4, 0.5) is 0 Å². The van der Waals surface area contributed by atoms with Crippen LogP contribution in [0.25, 0.3) is 0 Å². The minimum Gasteiger partial charge on any atom is -0.439 e. The molecule has 0 saturated carbocycles. The highest BCUT2D eigenvalue weighted by Gasteiger charge is 2.22. The second-order valence-corrected chi connectivity index (χ2v) is 9.90. The average Bonchev–Trinajstić information content (AvgIpc) is 2.71. The predicted molar refractivity (Wildman–Crippen MR) is 126 cm³/mol. The van der Waals surface area contributed by atoms with Crippen LogP contribution in [0.5, 0.6) is 11.6 Å². The van der Waals surface area contributed by atoms with E-state index in [0.29, 0.717) is 23.7 Å². The molecule has 0 aliphatic carbocycles. The van der Waals surface area contributed by atoms with E-state index in [2.05, 4.69) is 57.9 Å². The van der Waals surface area contributed by atoms with Gasteiger partial charge in [0.15, 0.2) is 0 Å². The van der Waals surface area contributed by atoms with Gasteiger partial charge in [-0.25, -0.2) is 4.98 Å². The van der Waals surface area contributed by atoms with Crippen molar-refractivity contribution in [2.24, 2.45) is 0 Å². The summed E-state index contributed by atoms with van der Waals surface area (Å²) in [4.78, 5) is 17.2. The first-order chi connectivity index (χ1) is 14.5.